The molecule has 0 atom stereocenters. The fourth-order valence-electron chi connectivity index (χ4n) is 2.18. The second-order valence-electron chi connectivity index (χ2n) is 4.94. The van der Waals surface area contributed by atoms with E-state index in [1.807, 2.05) is 24.3 Å². The van der Waals surface area contributed by atoms with E-state index in [2.05, 4.69) is 16.7 Å². The lowest BCUT2D eigenvalue weighted by Gasteiger charge is -2.10. The minimum absolute atomic E-state index is 0.125. The highest BCUT2D eigenvalue weighted by Gasteiger charge is 2.06. The van der Waals surface area contributed by atoms with Crippen LogP contribution in [0.15, 0.2) is 48.5 Å². The first kappa shape index (κ1) is 16.5. The van der Waals surface area contributed by atoms with E-state index in [0.29, 0.717) is 30.8 Å². The largest absolute Gasteiger partial charge is 0.496 e. The van der Waals surface area contributed by atoms with E-state index in [-0.39, 0.29) is 5.91 Å². The SMILES string of the molecule is COc1ccccc1CNCCC(=O)Nc1ccccc1C#N. The third kappa shape index (κ3) is 4.83. The first-order chi connectivity index (χ1) is 11.2. The minimum atomic E-state index is -0.125. The average molecular weight is 309 g/mol. The van der Waals surface area contributed by atoms with Crippen molar-refractivity contribution in [2.24, 2.45) is 0 Å². The predicted octanol–water partition coefficient (Wildman–Crippen LogP) is 2.69. The highest BCUT2D eigenvalue weighted by Crippen LogP contribution is 2.16. The number of ether oxygens (including phenoxy) is 1. The van der Waals surface area contributed by atoms with Gasteiger partial charge in [0.2, 0.25) is 5.91 Å². The molecule has 0 saturated heterocycles. The number of methoxy groups -OCH3 is 1. The first-order valence-corrected chi connectivity index (χ1v) is 7.36. The van der Waals surface area contributed by atoms with Crippen molar-refractivity contribution >= 4 is 11.6 Å². The van der Waals surface area contributed by atoms with Gasteiger partial charge in [-0.1, -0.05) is 30.3 Å². The molecule has 0 aromatic heterocycles. The summed E-state index contributed by atoms with van der Waals surface area (Å²) in [6, 6.07) is 16.8. The zero-order chi connectivity index (χ0) is 16.5. The number of anilines is 1. The van der Waals surface area contributed by atoms with Crippen LogP contribution in [0, 0.1) is 11.3 Å². The predicted molar refractivity (Wildman–Crippen MR) is 89.1 cm³/mol. The second-order valence-corrected chi connectivity index (χ2v) is 4.94. The van der Waals surface area contributed by atoms with Crippen molar-refractivity contribution in [3.63, 3.8) is 0 Å². The Morgan fingerprint density at radius 2 is 1.91 bits per heavy atom. The summed E-state index contributed by atoms with van der Waals surface area (Å²) in [7, 11) is 1.64. The maximum atomic E-state index is 11.9. The van der Waals surface area contributed by atoms with Gasteiger partial charge in [0.25, 0.3) is 0 Å². The van der Waals surface area contributed by atoms with Gasteiger partial charge in [-0.2, -0.15) is 5.26 Å². The second kappa shape index (κ2) is 8.57. The molecule has 1 amide bonds. The van der Waals surface area contributed by atoms with Crippen LogP contribution in [-0.2, 0) is 11.3 Å². The monoisotopic (exact) mass is 309 g/mol. The Hall–Kier alpha value is -2.84. The molecule has 2 aromatic carbocycles. The van der Waals surface area contributed by atoms with Gasteiger partial charge in [0.1, 0.15) is 11.8 Å². The molecular formula is C18H19N3O2. The maximum Gasteiger partial charge on any atom is 0.225 e. The van der Waals surface area contributed by atoms with Crippen molar-refractivity contribution in [2.75, 3.05) is 19.0 Å². The number of carbonyl (C=O) groups excluding carboxylic acids is 1. The summed E-state index contributed by atoms with van der Waals surface area (Å²) in [4.78, 5) is 11.9. The lowest BCUT2D eigenvalue weighted by atomic mass is 10.2. The number of rotatable bonds is 7. The molecule has 0 spiro atoms. The summed E-state index contributed by atoms with van der Waals surface area (Å²) in [6.07, 6.45) is 0.328. The molecule has 2 rings (SSSR count). The Labute approximate surface area is 135 Å². The van der Waals surface area contributed by atoms with Gasteiger partial charge in [0.15, 0.2) is 0 Å². The van der Waals surface area contributed by atoms with Gasteiger partial charge in [-0.05, 0) is 18.2 Å². The number of nitriles is 1. The fraction of sp³-hybridized carbons (Fsp3) is 0.222. The summed E-state index contributed by atoms with van der Waals surface area (Å²) in [5, 5.41) is 15.0. The van der Waals surface area contributed by atoms with Crippen molar-refractivity contribution in [3.05, 3.63) is 59.7 Å². The van der Waals surface area contributed by atoms with Crippen molar-refractivity contribution in [1.82, 2.24) is 5.32 Å². The number of nitrogens with zero attached hydrogens (tertiary/aromatic N) is 1. The Morgan fingerprint density at radius 1 is 1.17 bits per heavy atom. The average Bonchev–Trinajstić information content (AvgIpc) is 2.59. The molecule has 2 N–H and O–H groups in total. The molecule has 0 aliphatic carbocycles. The van der Waals surface area contributed by atoms with Crippen molar-refractivity contribution < 1.29 is 9.53 Å². The maximum absolute atomic E-state index is 11.9. The summed E-state index contributed by atoms with van der Waals surface area (Å²) < 4.78 is 5.28. The van der Waals surface area contributed by atoms with Gasteiger partial charge >= 0.3 is 0 Å². The van der Waals surface area contributed by atoms with Crippen molar-refractivity contribution in [1.29, 1.82) is 5.26 Å². The van der Waals surface area contributed by atoms with E-state index in [9.17, 15) is 4.79 Å². The first-order valence-electron chi connectivity index (χ1n) is 7.36. The number of nitrogens with one attached hydrogen (secondary N) is 2. The minimum Gasteiger partial charge on any atom is -0.496 e. The van der Waals surface area contributed by atoms with E-state index in [1.54, 1.807) is 31.4 Å². The molecule has 5 nitrogen and oxygen atoms in total. The molecule has 0 aliphatic rings. The molecule has 0 unspecified atom stereocenters. The van der Waals surface area contributed by atoms with E-state index < -0.39 is 0 Å². The van der Waals surface area contributed by atoms with E-state index in [4.69, 9.17) is 10.00 Å². The smallest absolute Gasteiger partial charge is 0.225 e. The molecule has 0 heterocycles. The van der Waals surface area contributed by atoms with Crippen LogP contribution in [0.25, 0.3) is 0 Å². The Bertz CT molecular complexity index is 707. The number of amides is 1. The van der Waals surface area contributed by atoms with Crippen molar-refractivity contribution in [2.45, 2.75) is 13.0 Å². The fourth-order valence-corrected chi connectivity index (χ4v) is 2.18. The van der Waals surface area contributed by atoms with Crippen LogP contribution in [0.2, 0.25) is 0 Å². The summed E-state index contributed by atoms with van der Waals surface area (Å²) in [6.45, 7) is 1.17. The third-order valence-electron chi connectivity index (χ3n) is 3.36. The molecule has 0 aliphatic heterocycles. The molecule has 5 heteroatoms. The van der Waals surface area contributed by atoms with E-state index in [1.165, 1.54) is 0 Å². The Kier molecular flexibility index (Phi) is 6.16. The number of hydrogen-bond acceptors (Lipinski definition) is 4. The lowest BCUT2D eigenvalue weighted by Crippen LogP contribution is -2.22. The molecule has 0 saturated carbocycles. The molecule has 0 fully saturated rings. The highest BCUT2D eigenvalue weighted by molar-refractivity contribution is 5.92. The molecule has 118 valence electrons. The molecular weight excluding hydrogens is 290 g/mol. The standard InChI is InChI=1S/C18H19N3O2/c1-23-17-9-5-3-7-15(17)13-20-11-10-18(22)21-16-8-4-2-6-14(16)12-19/h2-9,20H,10-11,13H2,1H3,(H,21,22). The Balaban J connectivity index is 1.78. The van der Waals surface area contributed by atoms with Gasteiger partial charge in [-0.3, -0.25) is 4.79 Å². The summed E-state index contributed by atoms with van der Waals surface area (Å²) in [5.41, 5.74) is 2.05. The zero-order valence-corrected chi connectivity index (χ0v) is 13.0. The van der Waals surface area contributed by atoms with Crippen LogP contribution in [-0.4, -0.2) is 19.6 Å². The van der Waals surface area contributed by atoms with Gasteiger partial charge < -0.3 is 15.4 Å². The van der Waals surface area contributed by atoms with Gasteiger partial charge in [-0.15, -0.1) is 0 Å². The van der Waals surface area contributed by atoms with Gasteiger partial charge in [0, 0.05) is 25.1 Å². The topological polar surface area (TPSA) is 74.2 Å². The van der Waals surface area contributed by atoms with Gasteiger partial charge in [-0.25, -0.2) is 0 Å². The molecule has 0 bridgehead atoms. The number of hydrogen-bond donors (Lipinski definition) is 2. The molecule has 2 aromatic rings. The van der Waals surface area contributed by atoms with E-state index >= 15 is 0 Å². The van der Waals surface area contributed by atoms with E-state index in [0.717, 1.165) is 11.3 Å². The Morgan fingerprint density at radius 3 is 2.70 bits per heavy atom. The van der Waals surface area contributed by atoms with Crippen LogP contribution in [0.4, 0.5) is 5.69 Å². The van der Waals surface area contributed by atoms with Gasteiger partial charge in [0.05, 0.1) is 18.4 Å². The van der Waals surface area contributed by atoms with Crippen LogP contribution < -0.4 is 15.4 Å². The number of para-hydroxylation sites is 2. The highest BCUT2D eigenvalue weighted by atomic mass is 16.5. The zero-order valence-electron chi connectivity index (χ0n) is 13.0. The number of benzene rings is 2. The van der Waals surface area contributed by atoms with Crippen LogP contribution in [0.1, 0.15) is 17.5 Å². The molecule has 0 radical (unpaired) electrons. The quantitative estimate of drug-likeness (QED) is 0.771. The van der Waals surface area contributed by atoms with Crippen molar-refractivity contribution in [3.8, 4) is 11.8 Å². The summed E-state index contributed by atoms with van der Waals surface area (Å²) >= 11 is 0. The lowest BCUT2D eigenvalue weighted by molar-refractivity contribution is -0.116. The molecule has 23 heavy (non-hydrogen) atoms. The third-order valence-corrected chi connectivity index (χ3v) is 3.36. The van der Waals surface area contributed by atoms with Crippen LogP contribution in [0.3, 0.4) is 0 Å². The summed E-state index contributed by atoms with van der Waals surface area (Å²) in [5.74, 6) is 0.702. The van der Waals surface area contributed by atoms with Crippen LogP contribution >= 0.6 is 0 Å². The normalized spacial score (nSPS) is 9.91. The van der Waals surface area contributed by atoms with Crippen LogP contribution in [0.5, 0.6) is 5.75 Å². The number of carbonyl (C=O) groups is 1.